The Labute approximate surface area is 264 Å². The zero-order valence-electron chi connectivity index (χ0n) is 24.1. The van der Waals surface area contributed by atoms with Crippen molar-refractivity contribution in [2.24, 2.45) is 5.92 Å². The van der Waals surface area contributed by atoms with E-state index in [1.807, 2.05) is 36.4 Å². The maximum absolute atomic E-state index is 14.0. The minimum absolute atomic E-state index is 0.0171. The molecule has 1 fully saturated rings. The minimum Gasteiger partial charge on any atom is -0.492 e. The molecule has 43 heavy (non-hydrogen) atoms. The minimum atomic E-state index is -4.63. The van der Waals surface area contributed by atoms with E-state index in [1.165, 1.54) is 17.8 Å². The van der Waals surface area contributed by atoms with E-state index in [0.717, 1.165) is 24.5 Å². The predicted octanol–water partition coefficient (Wildman–Crippen LogP) is 5.69. The van der Waals surface area contributed by atoms with Gasteiger partial charge in [0.05, 0.1) is 42.3 Å². The number of carbonyl (C=O) groups is 2. The number of nitrogens with zero attached hydrogens (tertiary/aromatic N) is 3. The number of amides is 1. The van der Waals surface area contributed by atoms with E-state index in [1.54, 1.807) is 17.0 Å². The quantitative estimate of drug-likeness (QED) is 0.131. The highest BCUT2D eigenvalue weighted by atomic mass is 127. The molecule has 0 atom stereocenters. The molecule has 7 nitrogen and oxygen atoms in total. The van der Waals surface area contributed by atoms with Crippen LogP contribution in [-0.4, -0.2) is 78.7 Å². The van der Waals surface area contributed by atoms with E-state index in [9.17, 15) is 22.8 Å². The highest BCUT2D eigenvalue weighted by Gasteiger charge is 2.41. The van der Waals surface area contributed by atoms with Crippen molar-refractivity contribution in [1.29, 1.82) is 0 Å². The number of rotatable bonds is 12. The largest absolute Gasteiger partial charge is 0.492 e. The first-order valence-electron chi connectivity index (χ1n) is 14.1. The van der Waals surface area contributed by atoms with Gasteiger partial charge >= 0.3 is 23.2 Å². The number of likely N-dealkylation sites (tertiary alicyclic amines) is 1. The molecule has 12 heteroatoms. The van der Waals surface area contributed by atoms with Crippen LogP contribution >= 0.6 is 32.5 Å². The van der Waals surface area contributed by atoms with E-state index in [-0.39, 0.29) is 44.9 Å². The maximum Gasteiger partial charge on any atom is 0.425 e. The van der Waals surface area contributed by atoms with Crippen LogP contribution in [0.4, 0.5) is 13.2 Å². The van der Waals surface area contributed by atoms with Gasteiger partial charge in [0.1, 0.15) is 23.5 Å². The van der Waals surface area contributed by atoms with E-state index in [0.29, 0.717) is 60.4 Å². The van der Waals surface area contributed by atoms with Gasteiger partial charge in [0.2, 0.25) is 0 Å². The Morgan fingerprint density at radius 1 is 1.23 bits per heavy atom. The third kappa shape index (κ3) is 8.87. The molecule has 0 unspecified atom stereocenters. The number of benzene rings is 2. The predicted molar refractivity (Wildman–Crippen MR) is 174 cm³/mol. The molecular weight excluding hydrogens is 694 g/mol. The first kappa shape index (κ1) is 33.1. The Hall–Kier alpha value is -2.80. The molecule has 2 aliphatic rings. The number of hydrogen-bond acceptors (Lipinski definition) is 5. The third-order valence-corrected chi connectivity index (χ3v) is 9.34. The lowest BCUT2D eigenvalue weighted by Gasteiger charge is -2.29. The number of alkyl halides is 4. The van der Waals surface area contributed by atoms with Crippen LogP contribution < -0.4 is 9.40 Å². The lowest BCUT2D eigenvalue weighted by molar-refractivity contribution is -0.143. The number of carboxylic acids is 1. The van der Waals surface area contributed by atoms with E-state index in [2.05, 4.69) is 13.6 Å². The van der Waals surface area contributed by atoms with Crippen LogP contribution in [0.5, 0.6) is 5.75 Å². The van der Waals surface area contributed by atoms with Gasteiger partial charge in [-0.15, -0.1) is 20.7 Å². The van der Waals surface area contributed by atoms with Gasteiger partial charge in [-0.05, 0) is 67.6 Å². The van der Waals surface area contributed by atoms with Gasteiger partial charge in [-0.25, -0.2) is 4.79 Å². The summed E-state index contributed by atoms with van der Waals surface area (Å²) in [6, 6.07) is 11.3. The van der Waals surface area contributed by atoms with Crippen LogP contribution in [0, 0.1) is 12.3 Å². The van der Waals surface area contributed by atoms with Gasteiger partial charge in [0, 0.05) is 22.2 Å². The molecule has 4 rings (SSSR count). The standard InChI is InChI=1S/C31H34F3IN3O4S/c1-3-4-14-38(28(39)24-7-5-6-21(19-24)10-13-35-2)30-36-27(43-30)23-8-9-26(25(20-23)31(32,33)34)42-18-17-37-15-11-22(12-16-37)29(40)41/h5-10,13,19-20,22H,3-4,11-12,14-18H2,1-2H3/q+1/p+1. The number of ether oxygens (including phenoxy) is 1. The van der Waals surface area contributed by atoms with Gasteiger partial charge in [-0.2, -0.15) is 22.7 Å². The number of thioether (sulfide) groups is 1. The Morgan fingerprint density at radius 3 is 2.63 bits per heavy atom. The second-order valence-corrected chi connectivity index (χ2v) is 13.2. The lowest BCUT2D eigenvalue weighted by atomic mass is 9.97. The van der Waals surface area contributed by atoms with Gasteiger partial charge < -0.3 is 9.84 Å². The third-order valence-electron chi connectivity index (χ3n) is 7.25. The molecule has 0 aromatic heterocycles. The van der Waals surface area contributed by atoms with Crippen molar-refractivity contribution >= 4 is 58.6 Å². The van der Waals surface area contributed by atoms with Gasteiger partial charge in [-0.3, -0.25) is 9.69 Å². The number of hydrogen-bond donors (Lipinski definition) is 1. The van der Waals surface area contributed by atoms with Crippen molar-refractivity contribution in [3.63, 3.8) is 0 Å². The number of unbranched alkanes of at least 4 members (excludes halogenated alkanes) is 1. The van der Waals surface area contributed by atoms with Crippen LogP contribution in [0.15, 0.2) is 42.5 Å². The van der Waals surface area contributed by atoms with E-state index < -0.39 is 17.7 Å². The summed E-state index contributed by atoms with van der Waals surface area (Å²) in [4.78, 5) is 30.3. The van der Waals surface area contributed by atoms with Crippen LogP contribution in [0.2, 0.25) is 0 Å². The molecule has 2 aromatic rings. The monoisotopic (exact) mass is 729 g/mol. The molecule has 2 aliphatic heterocycles. The number of aliphatic carboxylic acids is 1. The number of piperidine rings is 1. The van der Waals surface area contributed by atoms with Gasteiger partial charge in [0.25, 0.3) is 5.04 Å². The zero-order chi connectivity index (χ0) is 31.0. The Balaban J connectivity index is 1.49. The highest BCUT2D eigenvalue weighted by molar-refractivity contribution is 14.2. The fraction of sp³-hybridized carbons (Fsp3) is 0.419. The van der Waals surface area contributed by atoms with Crippen LogP contribution in [0.25, 0.3) is 0 Å². The van der Waals surface area contributed by atoms with Crippen molar-refractivity contribution in [1.82, 2.24) is 14.5 Å². The van der Waals surface area contributed by atoms with Crippen molar-refractivity contribution < 1.29 is 32.6 Å². The van der Waals surface area contributed by atoms with Crippen molar-refractivity contribution in [2.45, 2.75) is 38.8 Å². The molecule has 1 amide bonds. The Bertz CT molecular complexity index is 1420. The molecule has 0 bridgehead atoms. The second-order valence-electron chi connectivity index (χ2n) is 10.3. The smallest absolute Gasteiger partial charge is 0.425 e. The van der Waals surface area contributed by atoms with Gasteiger partial charge in [-0.1, -0.05) is 13.3 Å². The van der Waals surface area contributed by atoms with E-state index >= 15 is 0 Å². The first-order chi connectivity index (χ1) is 20.6. The average molecular weight is 730 g/mol. The van der Waals surface area contributed by atoms with Gasteiger partial charge in [0.15, 0.2) is 0 Å². The maximum atomic E-state index is 14.0. The summed E-state index contributed by atoms with van der Waals surface area (Å²) in [5.41, 5.74) is 0.908. The molecule has 1 saturated heterocycles. The topological polar surface area (TPSA) is 84.2 Å². The van der Waals surface area contributed by atoms with Crippen molar-refractivity contribution in [3.8, 4) is 5.75 Å². The molecular formula is C31H35F3IN3O4S+2. The SMILES string of the molecule is CCCCN(C(=O)c1cccc([CH+]C=IC)c1)C1=[N+]=C(c2ccc(OCCN3CCC(C(=O)O)CC3)c(C(F)(F)F)c2)S1. The molecule has 0 radical (unpaired) electrons. The summed E-state index contributed by atoms with van der Waals surface area (Å²) in [6.07, 6.45) is 0.0524. The number of halogens is 4. The molecule has 230 valence electrons. The summed E-state index contributed by atoms with van der Waals surface area (Å²) in [5.74, 6) is -1.63. The Kier molecular flexibility index (Phi) is 11.8. The first-order valence-corrected chi connectivity index (χ1v) is 18.3. The fourth-order valence-electron chi connectivity index (χ4n) is 4.78. The fourth-order valence-corrected chi connectivity index (χ4v) is 6.40. The summed E-state index contributed by atoms with van der Waals surface area (Å²) in [5, 5.41) is 10.0. The summed E-state index contributed by atoms with van der Waals surface area (Å²) >= 11 is 1.18. The number of carboxylic acid groups (broad SMARTS) is 1. The van der Waals surface area contributed by atoms with Crippen molar-refractivity contribution in [3.05, 3.63) is 71.1 Å². The average Bonchev–Trinajstić information content (AvgIpc) is 2.97. The Morgan fingerprint density at radius 2 is 1.98 bits per heavy atom. The second kappa shape index (κ2) is 15.3. The van der Waals surface area contributed by atoms with E-state index in [4.69, 9.17) is 9.84 Å². The number of carbonyl (C=O) groups excluding carboxylic acids is 1. The summed E-state index contributed by atoms with van der Waals surface area (Å²) in [7, 11) is 0. The molecule has 2 heterocycles. The van der Waals surface area contributed by atoms with Crippen LogP contribution in [0.3, 0.4) is 0 Å². The summed E-state index contributed by atoms with van der Waals surface area (Å²) < 4.78 is 54.2. The molecule has 0 aliphatic carbocycles. The summed E-state index contributed by atoms with van der Waals surface area (Å²) in [6.45, 7) is 4.09. The number of amidine groups is 1. The molecule has 0 spiro atoms. The zero-order valence-corrected chi connectivity index (χ0v) is 27.0. The van der Waals surface area contributed by atoms with Crippen molar-refractivity contribution in [2.75, 3.05) is 37.7 Å². The van der Waals surface area contributed by atoms with Crippen LogP contribution in [0.1, 0.15) is 59.7 Å². The highest BCUT2D eigenvalue weighted by Crippen LogP contribution is 2.38. The lowest BCUT2D eigenvalue weighted by Crippen LogP contribution is -2.41. The van der Waals surface area contributed by atoms with Crippen LogP contribution in [-0.2, 0) is 11.0 Å². The molecule has 2 aromatic carbocycles. The molecule has 0 saturated carbocycles. The molecule has 1 N–H and O–H groups in total. The normalized spacial score (nSPS) is 16.1.